The van der Waals surface area contributed by atoms with Crippen LogP contribution >= 0.6 is 0 Å². The number of nitrogens with two attached hydrogens (primary N) is 1. The molecule has 0 aliphatic heterocycles. The Hall–Kier alpha value is -2.08. The van der Waals surface area contributed by atoms with Crippen molar-refractivity contribution in [2.75, 3.05) is 25.5 Å². The van der Waals surface area contributed by atoms with E-state index in [0.717, 1.165) is 5.69 Å². The summed E-state index contributed by atoms with van der Waals surface area (Å²) in [7, 11) is 3.81. The number of rotatable bonds is 4. The van der Waals surface area contributed by atoms with Crippen LogP contribution in [-0.4, -0.2) is 41.1 Å². The lowest BCUT2D eigenvalue weighted by Crippen LogP contribution is -2.09. The maximum absolute atomic E-state index is 11.2. The second-order valence-electron chi connectivity index (χ2n) is 4.26. The first-order valence-corrected chi connectivity index (χ1v) is 5.66. The third kappa shape index (κ3) is 2.02. The Morgan fingerprint density at radius 2 is 2.28 bits per heavy atom. The zero-order valence-electron chi connectivity index (χ0n) is 10.4. The number of fused-ring (bicyclic) bond motifs is 1. The molecule has 0 aromatic carbocycles. The van der Waals surface area contributed by atoms with Crippen molar-refractivity contribution in [2.45, 2.75) is 6.42 Å². The molecule has 0 spiro atoms. The fourth-order valence-corrected chi connectivity index (χ4v) is 1.88. The third-order valence-corrected chi connectivity index (χ3v) is 2.79. The molecule has 0 saturated carbocycles. The highest BCUT2D eigenvalue weighted by atomic mass is 16.4. The molecule has 0 aliphatic carbocycles. The Balaban J connectivity index is 2.67. The fraction of sp³-hybridized carbons (Fsp3) is 0.333. The van der Waals surface area contributed by atoms with E-state index < -0.39 is 5.97 Å². The van der Waals surface area contributed by atoms with Crippen LogP contribution in [-0.2, 0) is 6.42 Å². The molecule has 0 unspecified atom stereocenters. The SMILES string of the molecule is CN(C)c1ccn2c(CCN)nc(C(=O)O)c2c1. The van der Waals surface area contributed by atoms with E-state index in [0.29, 0.717) is 24.3 Å². The summed E-state index contributed by atoms with van der Waals surface area (Å²) in [4.78, 5) is 17.3. The van der Waals surface area contributed by atoms with Gasteiger partial charge in [-0.25, -0.2) is 9.78 Å². The molecule has 0 bridgehead atoms. The second-order valence-corrected chi connectivity index (χ2v) is 4.26. The Bertz CT molecular complexity index is 589. The number of aromatic nitrogens is 2. The smallest absolute Gasteiger partial charge is 0.356 e. The average Bonchev–Trinajstić information content (AvgIpc) is 2.68. The van der Waals surface area contributed by atoms with Crippen LogP contribution in [0.3, 0.4) is 0 Å². The topological polar surface area (TPSA) is 83.9 Å². The third-order valence-electron chi connectivity index (χ3n) is 2.79. The number of carbonyl (C=O) groups is 1. The van der Waals surface area contributed by atoms with Gasteiger partial charge in [-0.2, -0.15) is 0 Å². The van der Waals surface area contributed by atoms with Gasteiger partial charge in [0.15, 0.2) is 5.69 Å². The Morgan fingerprint density at radius 3 is 2.83 bits per heavy atom. The van der Waals surface area contributed by atoms with E-state index in [-0.39, 0.29) is 5.69 Å². The van der Waals surface area contributed by atoms with Gasteiger partial charge in [0.1, 0.15) is 5.82 Å². The highest BCUT2D eigenvalue weighted by molar-refractivity contribution is 5.94. The Labute approximate surface area is 105 Å². The van der Waals surface area contributed by atoms with Crippen molar-refractivity contribution in [3.8, 4) is 0 Å². The lowest BCUT2D eigenvalue weighted by molar-refractivity contribution is 0.0693. The Kier molecular flexibility index (Phi) is 3.20. The zero-order valence-corrected chi connectivity index (χ0v) is 10.4. The number of carboxylic acid groups (broad SMARTS) is 1. The normalized spacial score (nSPS) is 10.8. The van der Waals surface area contributed by atoms with E-state index >= 15 is 0 Å². The van der Waals surface area contributed by atoms with Crippen LogP contribution in [0.25, 0.3) is 5.52 Å². The standard InChI is InChI=1S/C12H16N4O2/c1-15(2)8-4-6-16-9(7-8)11(12(17)18)14-10(16)3-5-13/h4,6-7H,3,5,13H2,1-2H3,(H,17,18). The van der Waals surface area contributed by atoms with Crippen LogP contribution in [0, 0.1) is 0 Å². The highest BCUT2D eigenvalue weighted by Gasteiger charge is 2.16. The second kappa shape index (κ2) is 4.66. The molecule has 0 aliphatic rings. The molecular formula is C12H16N4O2. The molecule has 2 aromatic heterocycles. The van der Waals surface area contributed by atoms with Crippen molar-refractivity contribution < 1.29 is 9.90 Å². The molecule has 3 N–H and O–H groups in total. The summed E-state index contributed by atoms with van der Waals surface area (Å²) in [6, 6.07) is 3.73. The predicted molar refractivity (Wildman–Crippen MR) is 69.2 cm³/mol. The van der Waals surface area contributed by atoms with Gasteiger partial charge in [0.05, 0.1) is 5.52 Å². The molecule has 2 heterocycles. The van der Waals surface area contributed by atoms with Gasteiger partial charge in [-0.05, 0) is 18.7 Å². The molecule has 96 valence electrons. The van der Waals surface area contributed by atoms with Crippen LogP contribution in [0.4, 0.5) is 5.69 Å². The first-order valence-electron chi connectivity index (χ1n) is 5.66. The van der Waals surface area contributed by atoms with E-state index in [9.17, 15) is 9.90 Å². The number of nitrogens with zero attached hydrogens (tertiary/aromatic N) is 3. The molecular weight excluding hydrogens is 232 g/mol. The maximum Gasteiger partial charge on any atom is 0.356 e. The summed E-state index contributed by atoms with van der Waals surface area (Å²) in [5, 5.41) is 9.17. The number of aromatic carboxylic acids is 1. The Morgan fingerprint density at radius 1 is 1.56 bits per heavy atom. The molecule has 0 fully saturated rings. The van der Waals surface area contributed by atoms with Crippen molar-refractivity contribution in [2.24, 2.45) is 5.73 Å². The van der Waals surface area contributed by atoms with Crippen LogP contribution in [0.2, 0.25) is 0 Å². The summed E-state index contributed by atoms with van der Waals surface area (Å²) in [5.74, 6) is -0.345. The van der Waals surface area contributed by atoms with Crippen LogP contribution < -0.4 is 10.6 Å². The summed E-state index contributed by atoms with van der Waals surface area (Å²) < 4.78 is 1.78. The number of pyridine rings is 1. The van der Waals surface area contributed by atoms with Crippen molar-refractivity contribution in [3.63, 3.8) is 0 Å². The van der Waals surface area contributed by atoms with Gasteiger partial charge in [-0.15, -0.1) is 0 Å². The molecule has 6 nitrogen and oxygen atoms in total. The largest absolute Gasteiger partial charge is 0.476 e. The van der Waals surface area contributed by atoms with Crippen molar-refractivity contribution in [3.05, 3.63) is 29.8 Å². The number of imidazole rings is 1. The summed E-state index contributed by atoms with van der Waals surface area (Å²) >= 11 is 0. The quantitative estimate of drug-likeness (QED) is 0.827. The van der Waals surface area contributed by atoms with Gasteiger partial charge in [0, 0.05) is 32.4 Å². The van der Waals surface area contributed by atoms with E-state index in [4.69, 9.17) is 5.73 Å². The van der Waals surface area contributed by atoms with Crippen LogP contribution in [0.15, 0.2) is 18.3 Å². The summed E-state index contributed by atoms with van der Waals surface area (Å²) in [5.41, 5.74) is 7.11. The van der Waals surface area contributed by atoms with Crippen molar-refractivity contribution in [1.82, 2.24) is 9.38 Å². The molecule has 0 saturated heterocycles. The molecule has 2 aromatic rings. The number of hydrogen-bond acceptors (Lipinski definition) is 4. The lowest BCUT2D eigenvalue weighted by atomic mass is 10.3. The van der Waals surface area contributed by atoms with Gasteiger partial charge in [-0.3, -0.25) is 0 Å². The van der Waals surface area contributed by atoms with Crippen LogP contribution in [0.1, 0.15) is 16.3 Å². The van der Waals surface area contributed by atoms with E-state index in [2.05, 4.69) is 4.98 Å². The average molecular weight is 248 g/mol. The summed E-state index contributed by atoms with van der Waals surface area (Å²) in [6.07, 6.45) is 2.38. The monoisotopic (exact) mass is 248 g/mol. The van der Waals surface area contributed by atoms with Gasteiger partial charge in [0.25, 0.3) is 0 Å². The van der Waals surface area contributed by atoms with Gasteiger partial charge < -0.3 is 20.1 Å². The lowest BCUT2D eigenvalue weighted by Gasteiger charge is -2.12. The van der Waals surface area contributed by atoms with E-state index in [1.807, 2.05) is 37.3 Å². The predicted octanol–water partition coefficient (Wildman–Crippen LogP) is 0.600. The molecule has 0 radical (unpaired) electrons. The minimum Gasteiger partial charge on any atom is -0.476 e. The van der Waals surface area contributed by atoms with Gasteiger partial charge in [-0.1, -0.05) is 0 Å². The van der Waals surface area contributed by atoms with Crippen molar-refractivity contribution >= 4 is 17.2 Å². The van der Waals surface area contributed by atoms with Gasteiger partial charge in [0.2, 0.25) is 0 Å². The number of carboxylic acids is 1. The first kappa shape index (κ1) is 12.4. The van der Waals surface area contributed by atoms with Crippen molar-refractivity contribution in [1.29, 1.82) is 0 Å². The maximum atomic E-state index is 11.2. The minimum atomic E-state index is -1.02. The fourth-order valence-electron chi connectivity index (χ4n) is 1.88. The van der Waals surface area contributed by atoms with E-state index in [1.54, 1.807) is 4.40 Å². The summed E-state index contributed by atoms with van der Waals surface area (Å²) in [6.45, 7) is 0.438. The number of anilines is 1. The first-order chi connectivity index (χ1) is 8.54. The number of hydrogen-bond donors (Lipinski definition) is 2. The highest BCUT2D eigenvalue weighted by Crippen LogP contribution is 2.20. The van der Waals surface area contributed by atoms with Gasteiger partial charge >= 0.3 is 5.97 Å². The molecule has 0 atom stereocenters. The molecule has 18 heavy (non-hydrogen) atoms. The van der Waals surface area contributed by atoms with Crippen LogP contribution in [0.5, 0.6) is 0 Å². The van der Waals surface area contributed by atoms with E-state index in [1.165, 1.54) is 0 Å². The minimum absolute atomic E-state index is 0.0714. The molecule has 6 heteroatoms. The molecule has 2 rings (SSSR count). The molecule has 0 amide bonds. The zero-order chi connectivity index (χ0) is 13.3.